The van der Waals surface area contributed by atoms with E-state index in [0.717, 1.165) is 93.9 Å². The summed E-state index contributed by atoms with van der Waals surface area (Å²) < 4.78 is 44.5. The summed E-state index contributed by atoms with van der Waals surface area (Å²) in [5.41, 5.74) is 4.44. The van der Waals surface area contributed by atoms with E-state index in [-0.39, 0.29) is 29.4 Å². The van der Waals surface area contributed by atoms with Crippen LogP contribution in [0.4, 0.5) is 11.4 Å². The van der Waals surface area contributed by atoms with Gasteiger partial charge in [0.1, 0.15) is 29.6 Å². The van der Waals surface area contributed by atoms with Crippen LogP contribution < -0.4 is 18.9 Å². The van der Waals surface area contributed by atoms with Gasteiger partial charge in [0.05, 0.1) is 66.4 Å². The third-order valence-corrected chi connectivity index (χ3v) is 15.2. The van der Waals surface area contributed by atoms with Gasteiger partial charge in [0.2, 0.25) is 0 Å². The minimum atomic E-state index is -0.853. The number of rotatable bonds is 36. The van der Waals surface area contributed by atoms with Gasteiger partial charge in [0.15, 0.2) is 0 Å². The summed E-state index contributed by atoms with van der Waals surface area (Å²) in [5, 5.41) is 9.00. The van der Waals surface area contributed by atoms with Crippen LogP contribution in [0.2, 0.25) is 0 Å². The van der Waals surface area contributed by atoms with E-state index in [1.165, 1.54) is 24.3 Å². The third-order valence-electron chi connectivity index (χ3n) is 15.2. The number of ether oxygens (including phenoxy) is 8. The molecule has 476 valence electrons. The van der Waals surface area contributed by atoms with Crippen molar-refractivity contribution < 1.29 is 61.9 Å². The Morgan fingerprint density at radius 2 is 0.932 bits per heavy atom. The maximum Gasteiger partial charge on any atom is 0.343 e. The number of methoxy groups -OCH3 is 1. The quantitative estimate of drug-likeness (QED) is 0.00922. The van der Waals surface area contributed by atoms with Crippen LogP contribution in [0.3, 0.4) is 0 Å². The van der Waals surface area contributed by atoms with E-state index in [2.05, 4.69) is 70.0 Å². The fraction of sp³-hybridized carbons (Fsp3) is 0.493. The van der Waals surface area contributed by atoms with E-state index < -0.39 is 28.7 Å². The molecule has 0 spiro atoms. The third kappa shape index (κ3) is 24.8. The Labute approximate surface area is 523 Å². The number of carbonyl (C=O) groups is 5. The number of azo groups is 1. The number of aryl methyl sites for hydroxylation is 1. The Kier molecular flexibility index (Phi) is 28.6. The molecule has 5 rings (SSSR count). The highest BCUT2D eigenvalue weighted by Crippen LogP contribution is 2.39. The van der Waals surface area contributed by atoms with Gasteiger partial charge >= 0.3 is 29.8 Å². The molecule has 0 aromatic heterocycles. The molecular weight excluding hydrogens is 1110 g/mol. The molecule has 88 heavy (non-hydrogen) atoms. The summed E-state index contributed by atoms with van der Waals surface area (Å²) in [6.45, 7) is 24.7. The highest BCUT2D eigenvalue weighted by Gasteiger charge is 2.43. The second kappa shape index (κ2) is 35.4. The number of benzene rings is 5. The van der Waals surface area contributed by atoms with Crippen LogP contribution in [0.15, 0.2) is 125 Å². The van der Waals surface area contributed by atoms with Crippen molar-refractivity contribution in [3.63, 3.8) is 0 Å². The summed E-state index contributed by atoms with van der Waals surface area (Å²) in [6.07, 6.45) is 15.3. The van der Waals surface area contributed by atoms with Crippen molar-refractivity contribution in [3.8, 4) is 23.0 Å². The van der Waals surface area contributed by atoms with E-state index in [1.807, 2.05) is 40.7 Å². The van der Waals surface area contributed by atoms with E-state index in [4.69, 9.17) is 37.9 Å². The molecule has 5 aromatic carbocycles. The second-order valence-electron chi connectivity index (χ2n) is 25.5. The van der Waals surface area contributed by atoms with Crippen LogP contribution in [0, 0.1) is 17.8 Å². The maximum absolute atomic E-state index is 13.4. The topological polar surface area (TPSA) is 184 Å². The standard InChI is InChI=1S/C73H96N2O13/c1-13-73(11,69(80)86-45-25-21-20-23-43-83-61-34-28-55(29-35-61)66(77)87-63-38-32-59(33-39-63)74-75-60-50-57(70(3,4)5)49-58(51-60)71(6,7)8)52-72(9,10)68(79)85-44-24-19-17-15-14-16-18-22-42-82-62-36-30-56(31-37-62)67(78)88-64-40-26-54(48-53(64)2)27-41-65(76)84-47-46-81-12/h26-41,48-51H,13-25,42-47,52H2,1-12H3/b41-27+,75-74?. The summed E-state index contributed by atoms with van der Waals surface area (Å²) in [6, 6.07) is 32.4. The lowest BCUT2D eigenvalue weighted by Gasteiger charge is -2.33. The number of hydrogen-bond acceptors (Lipinski definition) is 15. The molecule has 0 aliphatic rings. The number of esters is 5. The zero-order chi connectivity index (χ0) is 64.2. The molecule has 0 saturated heterocycles. The maximum atomic E-state index is 13.4. The van der Waals surface area contributed by atoms with Gasteiger partial charge in [-0.05, 0) is 215 Å². The van der Waals surface area contributed by atoms with Gasteiger partial charge in [-0.1, -0.05) is 99.1 Å². The molecule has 0 amide bonds. The van der Waals surface area contributed by atoms with E-state index in [9.17, 15) is 24.0 Å². The first-order valence-electron chi connectivity index (χ1n) is 31.3. The van der Waals surface area contributed by atoms with Crippen LogP contribution >= 0.6 is 0 Å². The van der Waals surface area contributed by atoms with Crippen LogP contribution in [-0.2, 0) is 44.2 Å². The fourth-order valence-corrected chi connectivity index (χ4v) is 9.55. The summed E-state index contributed by atoms with van der Waals surface area (Å²) >= 11 is 0. The Morgan fingerprint density at radius 1 is 0.466 bits per heavy atom. The van der Waals surface area contributed by atoms with Crippen LogP contribution in [-0.4, -0.2) is 76.6 Å². The highest BCUT2D eigenvalue weighted by atomic mass is 16.6. The van der Waals surface area contributed by atoms with Gasteiger partial charge in [-0.3, -0.25) is 9.59 Å². The Bertz CT molecular complexity index is 3030. The first-order chi connectivity index (χ1) is 41.9. The Balaban J connectivity index is 0.862. The minimum absolute atomic E-state index is 0.0287. The zero-order valence-electron chi connectivity index (χ0n) is 54.4. The fourth-order valence-electron chi connectivity index (χ4n) is 9.55. The monoisotopic (exact) mass is 1210 g/mol. The molecule has 0 saturated carbocycles. The van der Waals surface area contributed by atoms with E-state index in [0.29, 0.717) is 85.7 Å². The molecular formula is C73H96N2O13. The number of carbonyl (C=O) groups excluding carboxylic acids is 5. The predicted molar refractivity (Wildman–Crippen MR) is 345 cm³/mol. The molecule has 0 aliphatic heterocycles. The van der Waals surface area contributed by atoms with Gasteiger partial charge in [-0.25, -0.2) is 14.4 Å². The lowest BCUT2D eigenvalue weighted by molar-refractivity contribution is -0.163. The molecule has 0 fully saturated rings. The molecule has 0 bridgehead atoms. The van der Waals surface area contributed by atoms with E-state index >= 15 is 0 Å². The highest BCUT2D eigenvalue weighted by molar-refractivity contribution is 5.92. The lowest BCUT2D eigenvalue weighted by Crippen LogP contribution is -2.38. The molecule has 5 aromatic rings. The number of unbranched alkanes of at least 4 members (excludes halogenated alkanes) is 10. The molecule has 1 unspecified atom stereocenters. The zero-order valence-corrected chi connectivity index (χ0v) is 54.4. The van der Waals surface area contributed by atoms with Crippen molar-refractivity contribution in [1.82, 2.24) is 0 Å². The number of hydrogen-bond donors (Lipinski definition) is 0. The molecule has 0 radical (unpaired) electrons. The SMILES string of the molecule is CCC(C)(CC(C)(C)C(=O)OCCCCCCCCCCOc1ccc(C(=O)Oc2ccc(/C=C/C(=O)OCCOC)cc2C)cc1)C(=O)OCCCCCCOc1ccc(C(=O)Oc2ccc(N=Nc3cc(C(C)(C)C)cc(C(C)(C)C)c3)cc2)cc1. The van der Waals surface area contributed by atoms with Crippen molar-refractivity contribution in [2.45, 2.75) is 177 Å². The molecule has 15 heteroatoms. The smallest absolute Gasteiger partial charge is 0.343 e. The molecule has 1 atom stereocenters. The van der Waals surface area contributed by atoms with Crippen molar-refractivity contribution in [2.24, 2.45) is 21.1 Å². The summed E-state index contributed by atoms with van der Waals surface area (Å²) in [4.78, 5) is 64.2. The van der Waals surface area contributed by atoms with Gasteiger partial charge in [0.25, 0.3) is 0 Å². The van der Waals surface area contributed by atoms with Crippen LogP contribution in [0.1, 0.15) is 202 Å². The molecule has 0 N–H and O–H groups in total. The second-order valence-corrected chi connectivity index (χ2v) is 25.5. The summed E-state index contributed by atoms with van der Waals surface area (Å²) in [7, 11) is 1.54. The average Bonchev–Trinajstić information content (AvgIpc) is 3.39. The Hall–Kier alpha value is -7.65. The van der Waals surface area contributed by atoms with Gasteiger partial charge in [-0.15, -0.1) is 0 Å². The van der Waals surface area contributed by atoms with Gasteiger partial charge in [-0.2, -0.15) is 10.2 Å². The average molecular weight is 1210 g/mol. The first-order valence-corrected chi connectivity index (χ1v) is 31.3. The van der Waals surface area contributed by atoms with Gasteiger partial charge < -0.3 is 37.9 Å². The molecule has 15 nitrogen and oxygen atoms in total. The number of nitrogens with zero attached hydrogens (tertiary/aromatic N) is 2. The van der Waals surface area contributed by atoms with E-state index in [1.54, 1.807) is 91.0 Å². The molecule has 0 aliphatic carbocycles. The van der Waals surface area contributed by atoms with Crippen molar-refractivity contribution in [3.05, 3.63) is 149 Å². The van der Waals surface area contributed by atoms with Crippen LogP contribution in [0.5, 0.6) is 23.0 Å². The Morgan fingerprint density at radius 3 is 1.42 bits per heavy atom. The summed E-state index contributed by atoms with van der Waals surface area (Å²) in [5.74, 6) is 0.167. The lowest BCUT2D eigenvalue weighted by atomic mass is 9.72. The first kappa shape index (κ1) is 71.1. The van der Waals surface area contributed by atoms with Gasteiger partial charge in [0, 0.05) is 13.2 Å². The van der Waals surface area contributed by atoms with Crippen LogP contribution in [0.25, 0.3) is 6.08 Å². The largest absolute Gasteiger partial charge is 0.494 e. The minimum Gasteiger partial charge on any atom is -0.494 e. The predicted octanol–water partition coefficient (Wildman–Crippen LogP) is 17.7. The van der Waals surface area contributed by atoms with Crippen molar-refractivity contribution in [2.75, 3.05) is 46.8 Å². The molecule has 0 heterocycles. The normalized spacial score (nSPS) is 12.6. The van der Waals surface area contributed by atoms with Crippen molar-refractivity contribution in [1.29, 1.82) is 0 Å². The van der Waals surface area contributed by atoms with Crippen molar-refractivity contribution >= 4 is 47.3 Å².